The molecule has 0 radical (unpaired) electrons. The van der Waals surface area contributed by atoms with Gasteiger partial charge in [-0.25, -0.2) is 9.37 Å². The Bertz CT molecular complexity index is 776. The van der Waals surface area contributed by atoms with E-state index in [4.69, 9.17) is 23.2 Å². The summed E-state index contributed by atoms with van der Waals surface area (Å²) >= 11 is 11.2. The molecule has 2 aromatic rings. The number of halogens is 6. The number of nitrogens with one attached hydrogen (secondary N) is 1. The van der Waals surface area contributed by atoms with E-state index in [-0.39, 0.29) is 16.3 Å². The lowest BCUT2D eigenvalue weighted by molar-refractivity contribution is -0.137. The van der Waals surface area contributed by atoms with Crippen LogP contribution in [-0.4, -0.2) is 15.1 Å². The molecule has 0 fully saturated rings. The van der Waals surface area contributed by atoms with Gasteiger partial charge in [-0.05, 0) is 37.6 Å². The second-order valence-electron chi connectivity index (χ2n) is 5.39. The Morgan fingerprint density at radius 2 is 1.75 bits per heavy atom. The van der Waals surface area contributed by atoms with E-state index in [1.165, 1.54) is 13.8 Å². The van der Waals surface area contributed by atoms with Gasteiger partial charge in [0.05, 0.1) is 10.6 Å². The molecule has 0 amide bonds. The maximum atomic E-state index is 13.7. The van der Waals surface area contributed by atoms with Crippen LogP contribution in [0.5, 0.6) is 0 Å². The van der Waals surface area contributed by atoms with Crippen LogP contribution in [0.2, 0.25) is 10.3 Å². The van der Waals surface area contributed by atoms with Crippen LogP contribution in [0.25, 0.3) is 0 Å². The van der Waals surface area contributed by atoms with E-state index in [1.807, 2.05) is 0 Å². The minimum Gasteiger partial charge on any atom is -0.386 e. The Hall–Kier alpha value is -1.64. The van der Waals surface area contributed by atoms with Crippen LogP contribution in [0.4, 0.5) is 29.1 Å². The van der Waals surface area contributed by atoms with Crippen molar-refractivity contribution in [1.29, 1.82) is 0 Å². The van der Waals surface area contributed by atoms with Crippen LogP contribution in [0.3, 0.4) is 0 Å². The molecule has 0 aliphatic carbocycles. The van der Waals surface area contributed by atoms with Crippen LogP contribution >= 0.6 is 23.2 Å². The number of nitrogens with zero attached hydrogens (tertiary/aromatic N) is 2. The minimum absolute atomic E-state index is 0.00717. The van der Waals surface area contributed by atoms with Gasteiger partial charge in [-0.3, -0.25) is 0 Å². The second-order valence-corrected chi connectivity index (χ2v) is 6.14. The molecule has 0 spiro atoms. The topological polar surface area (TPSA) is 58.0 Å². The Balaban J connectivity index is 2.61. The van der Waals surface area contributed by atoms with Gasteiger partial charge in [0.25, 0.3) is 0 Å². The molecule has 0 atom stereocenters. The van der Waals surface area contributed by atoms with Crippen molar-refractivity contribution < 1.29 is 22.7 Å². The first kappa shape index (κ1) is 18.7. The molecule has 130 valence electrons. The lowest BCUT2D eigenvalue weighted by Crippen LogP contribution is -2.19. The molecule has 2 rings (SSSR count). The molecule has 0 saturated carbocycles. The zero-order valence-corrected chi connectivity index (χ0v) is 13.9. The molecular formula is C14H11Cl2F4N3O. The Labute approximate surface area is 144 Å². The third-order valence-corrected chi connectivity index (χ3v) is 3.51. The number of alkyl halides is 3. The van der Waals surface area contributed by atoms with E-state index < -0.39 is 34.3 Å². The summed E-state index contributed by atoms with van der Waals surface area (Å²) < 4.78 is 52.8. The second kappa shape index (κ2) is 6.34. The molecule has 0 saturated heterocycles. The van der Waals surface area contributed by atoms with Gasteiger partial charge in [-0.2, -0.15) is 18.2 Å². The number of aliphatic hydroxyl groups is 1. The number of hydrogen-bond donors (Lipinski definition) is 2. The van der Waals surface area contributed by atoms with Crippen LogP contribution < -0.4 is 5.32 Å². The molecule has 0 bridgehead atoms. The maximum Gasteiger partial charge on any atom is 0.421 e. The first-order chi connectivity index (χ1) is 10.9. The maximum absolute atomic E-state index is 13.7. The van der Waals surface area contributed by atoms with Crippen molar-refractivity contribution in [3.8, 4) is 0 Å². The first-order valence-corrected chi connectivity index (χ1v) is 7.24. The van der Waals surface area contributed by atoms with Crippen LogP contribution in [0.15, 0.2) is 18.3 Å². The fourth-order valence-electron chi connectivity index (χ4n) is 1.95. The summed E-state index contributed by atoms with van der Waals surface area (Å²) in [5, 5.41) is 11.8. The summed E-state index contributed by atoms with van der Waals surface area (Å²) in [6.45, 7) is 2.69. The molecule has 1 aromatic heterocycles. The quantitative estimate of drug-likeness (QED) is 0.583. The van der Waals surface area contributed by atoms with E-state index in [1.54, 1.807) is 0 Å². The third-order valence-electron chi connectivity index (χ3n) is 3.04. The predicted molar refractivity (Wildman–Crippen MR) is 82.0 cm³/mol. The van der Waals surface area contributed by atoms with Crippen LogP contribution in [0.1, 0.15) is 25.0 Å². The molecule has 0 aliphatic rings. The summed E-state index contributed by atoms with van der Waals surface area (Å²) in [4.78, 5) is 6.82. The van der Waals surface area contributed by atoms with Crippen molar-refractivity contribution in [1.82, 2.24) is 9.97 Å². The molecule has 1 aromatic carbocycles. The molecule has 0 aliphatic heterocycles. The van der Waals surface area contributed by atoms with Gasteiger partial charge in [0.2, 0.25) is 5.28 Å². The lowest BCUT2D eigenvalue weighted by Gasteiger charge is -2.23. The van der Waals surface area contributed by atoms with Gasteiger partial charge in [-0.15, -0.1) is 0 Å². The zero-order chi connectivity index (χ0) is 18.3. The summed E-state index contributed by atoms with van der Waals surface area (Å²) in [6, 6.07) is 1.99. The minimum atomic E-state index is -4.74. The van der Waals surface area contributed by atoms with E-state index >= 15 is 0 Å². The monoisotopic (exact) mass is 383 g/mol. The van der Waals surface area contributed by atoms with Crippen molar-refractivity contribution in [2.75, 3.05) is 5.32 Å². The normalized spacial score (nSPS) is 12.4. The van der Waals surface area contributed by atoms with Gasteiger partial charge in [-0.1, -0.05) is 11.6 Å². The SMILES string of the molecule is CC(C)(O)c1cc(F)c(Cl)cc1Nc1nc(Cl)ncc1C(F)(F)F. The van der Waals surface area contributed by atoms with E-state index in [0.717, 1.165) is 12.1 Å². The van der Waals surface area contributed by atoms with Crippen molar-refractivity contribution in [3.63, 3.8) is 0 Å². The highest BCUT2D eigenvalue weighted by molar-refractivity contribution is 6.31. The highest BCUT2D eigenvalue weighted by Gasteiger charge is 2.36. The van der Waals surface area contributed by atoms with E-state index in [9.17, 15) is 22.7 Å². The molecule has 10 heteroatoms. The third kappa shape index (κ3) is 4.06. The van der Waals surface area contributed by atoms with Gasteiger partial charge < -0.3 is 10.4 Å². The Morgan fingerprint density at radius 3 is 2.29 bits per heavy atom. The smallest absolute Gasteiger partial charge is 0.386 e. The van der Waals surface area contributed by atoms with Gasteiger partial charge in [0, 0.05) is 17.4 Å². The Kier molecular flexibility index (Phi) is 4.94. The van der Waals surface area contributed by atoms with Crippen molar-refractivity contribution >= 4 is 34.7 Å². The van der Waals surface area contributed by atoms with Crippen molar-refractivity contribution in [3.05, 3.63) is 45.6 Å². The average molecular weight is 384 g/mol. The zero-order valence-electron chi connectivity index (χ0n) is 12.3. The largest absolute Gasteiger partial charge is 0.421 e. The van der Waals surface area contributed by atoms with Gasteiger partial charge >= 0.3 is 6.18 Å². The number of aromatic nitrogens is 2. The molecule has 4 nitrogen and oxygen atoms in total. The lowest BCUT2D eigenvalue weighted by atomic mass is 9.96. The standard InChI is InChI=1S/C14H11Cl2F4N3O/c1-13(2,24)6-3-9(17)8(15)4-10(6)22-11-7(14(18,19)20)5-21-12(16)23-11/h3-5,24H,1-2H3,(H,21,22,23). The molecule has 2 N–H and O–H groups in total. The predicted octanol–water partition coefficient (Wildman–Crippen LogP) is 4.91. The molecule has 24 heavy (non-hydrogen) atoms. The molecule has 0 unspecified atom stereocenters. The fraction of sp³-hybridized carbons (Fsp3) is 0.286. The summed E-state index contributed by atoms with van der Waals surface area (Å²) in [5.41, 5.74) is -2.78. The van der Waals surface area contributed by atoms with Crippen molar-refractivity contribution in [2.24, 2.45) is 0 Å². The van der Waals surface area contributed by atoms with Crippen LogP contribution in [-0.2, 0) is 11.8 Å². The molecular weight excluding hydrogens is 373 g/mol. The van der Waals surface area contributed by atoms with Crippen LogP contribution in [0, 0.1) is 5.82 Å². The van der Waals surface area contributed by atoms with E-state index in [0.29, 0.717) is 6.20 Å². The number of hydrogen-bond acceptors (Lipinski definition) is 4. The number of benzene rings is 1. The summed E-state index contributed by atoms with van der Waals surface area (Å²) in [5.74, 6) is -1.47. The average Bonchev–Trinajstić information content (AvgIpc) is 2.40. The van der Waals surface area contributed by atoms with Gasteiger partial charge in [0.15, 0.2) is 0 Å². The Morgan fingerprint density at radius 1 is 1.12 bits per heavy atom. The number of anilines is 2. The summed E-state index contributed by atoms with van der Waals surface area (Å²) in [6.07, 6.45) is -4.22. The number of rotatable bonds is 3. The molecule has 1 heterocycles. The highest BCUT2D eigenvalue weighted by atomic mass is 35.5. The van der Waals surface area contributed by atoms with Crippen molar-refractivity contribution in [2.45, 2.75) is 25.6 Å². The first-order valence-electron chi connectivity index (χ1n) is 6.48. The van der Waals surface area contributed by atoms with Gasteiger partial charge in [0.1, 0.15) is 17.2 Å². The highest BCUT2D eigenvalue weighted by Crippen LogP contribution is 2.38. The summed E-state index contributed by atoms with van der Waals surface area (Å²) in [7, 11) is 0. The fourth-order valence-corrected chi connectivity index (χ4v) is 2.24. The van der Waals surface area contributed by atoms with E-state index in [2.05, 4.69) is 15.3 Å².